The third-order valence-electron chi connectivity index (χ3n) is 2.96. The van der Waals surface area contributed by atoms with Crippen LogP contribution >= 0.6 is 15.9 Å². The molecule has 1 atom stereocenters. The summed E-state index contributed by atoms with van der Waals surface area (Å²) in [5.41, 5.74) is 0.961. The van der Waals surface area contributed by atoms with Gasteiger partial charge >= 0.3 is 0 Å². The Kier molecular flexibility index (Phi) is 4.54. The summed E-state index contributed by atoms with van der Waals surface area (Å²) >= 11 is 3.27. The number of rotatable bonds is 6. The molecule has 1 aliphatic carbocycles. The van der Waals surface area contributed by atoms with Crippen LogP contribution in [0.5, 0.6) is 0 Å². The first-order chi connectivity index (χ1) is 8.16. The Morgan fingerprint density at radius 3 is 2.94 bits per heavy atom. The molecule has 1 aliphatic rings. The van der Waals surface area contributed by atoms with Crippen LogP contribution in [0.3, 0.4) is 0 Å². The summed E-state index contributed by atoms with van der Waals surface area (Å²) in [6, 6.07) is 6.27. The Morgan fingerprint density at radius 1 is 1.47 bits per heavy atom. The van der Waals surface area contributed by atoms with E-state index in [9.17, 15) is 4.39 Å². The van der Waals surface area contributed by atoms with E-state index in [1.54, 1.807) is 6.07 Å². The van der Waals surface area contributed by atoms with Crippen LogP contribution in [-0.2, 0) is 6.54 Å². The summed E-state index contributed by atoms with van der Waals surface area (Å²) in [7, 11) is 0. The molecule has 0 saturated heterocycles. The van der Waals surface area contributed by atoms with Gasteiger partial charge in [0.15, 0.2) is 0 Å². The molecular weight excluding hydrogens is 283 g/mol. The minimum atomic E-state index is -0.201. The van der Waals surface area contributed by atoms with E-state index < -0.39 is 0 Å². The number of hydrogen-bond acceptors (Lipinski definition) is 2. The lowest BCUT2D eigenvalue weighted by Crippen LogP contribution is -2.36. The smallest absolute Gasteiger partial charge is 0.137 e. The molecule has 4 heteroatoms. The zero-order valence-electron chi connectivity index (χ0n) is 9.97. The molecule has 1 aromatic carbocycles. The topological polar surface area (TPSA) is 24.1 Å². The molecule has 0 aromatic heterocycles. The molecule has 0 radical (unpaired) electrons. The normalized spacial score (nSPS) is 17.1. The van der Waals surface area contributed by atoms with Crippen molar-refractivity contribution in [3.63, 3.8) is 0 Å². The molecule has 1 unspecified atom stereocenters. The van der Waals surface area contributed by atoms with Crippen molar-refractivity contribution >= 4 is 15.9 Å². The molecule has 0 bridgehead atoms. The molecule has 0 spiro atoms. The highest BCUT2D eigenvalue weighted by Crippen LogP contribution is 2.20. The number of hydrogen-bond donors (Lipinski definition) is 2. The van der Waals surface area contributed by atoms with Gasteiger partial charge in [-0.25, -0.2) is 4.39 Å². The summed E-state index contributed by atoms with van der Waals surface area (Å²) in [5.74, 6) is -0.201. The molecule has 0 aliphatic heterocycles. The molecule has 1 aromatic rings. The highest BCUT2D eigenvalue weighted by atomic mass is 79.9. The molecule has 94 valence electrons. The summed E-state index contributed by atoms with van der Waals surface area (Å²) in [4.78, 5) is 0. The van der Waals surface area contributed by atoms with Gasteiger partial charge in [0.2, 0.25) is 0 Å². The first-order valence-electron chi connectivity index (χ1n) is 6.06. The van der Waals surface area contributed by atoms with Crippen molar-refractivity contribution in [3.8, 4) is 0 Å². The Bertz CT molecular complexity index is 380. The third kappa shape index (κ3) is 4.05. The zero-order valence-corrected chi connectivity index (χ0v) is 11.6. The van der Waals surface area contributed by atoms with Gasteiger partial charge in [-0.15, -0.1) is 0 Å². The quantitative estimate of drug-likeness (QED) is 0.844. The third-order valence-corrected chi connectivity index (χ3v) is 3.85. The average Bonchev–Trinajstić information content (AvgIpc) is 3.12. The maximum absolute atomic E-state index is 13.3. The Labute approximate surface area is 110 Å². The molecule has 0 amide bonds. The molecule has 2 nitrogen and oxygen atoms in total. The van der Waals surface area contributed by atoms with E-state index in [2.05, 4.69) is 33.5 Å². The second kappa shape index (κ2) is 5.94. The van der Waals surface area contributed by atoms with E-state index in [1.165, 1.54) is 18.9 Å². The summed E-state index contributed by atoms with van der Waals surface area (Å²) < 4.78 is 13.8. The zero-order chi connectivity index (χ0) is 12.3. The van der Waals surface area contributed by atoms with Crippen molar-refractivity contribution in [2.24, 2.45) is 0 Å². The highest BCUT2D eigenvalue weighted by Gasteiger charge is 2.20. The largest absolute Gasteiger partial charge is 0.312 e. The van der Waals surface area contributed by atoms with Crippen LogP contribution in [0.2, 0.25) is 0 Å². The molecule has 1 fully saturated rings. The van der Waals surface area contributed by atoms with E-state index in [1.807, 2.05) is 6.07 Å². The SMILES string of the molecule is CC(CNC1CC1)NCc1cccc(F)c1Br. The van der Waals surface area contributed by atoms with Gasteiger partial charge in [0, 0.05) is 25.2 Å². The molecule has 0 heterocycles. The van der Waals surface area contributed by atoms with Crippen molar-refractivity contribution in [1.82, 2.24) is 10.6 Å². The van der Waals surface area contributed by atoms with E-state index in [4.69, 9.17) is 0 Å². The average molecular weight is 301 g/mol. The monoisotopic (exact) mass is 300 g/mol. The number of nitrogens with one attached hydrogen (secondary N) is 2. The minimum absolute atomic E-state index is 0.201. The maximum Gasteiger partial charge on any atom is 0.137 e. The first-order valence-corrected chi connectivity index (χ1v) is 6.86. The minimum Gasteiger partial charge on any atom is -0.312 e. The van der Waals surface area contributed by atoms with Crippen LogP contribution in [0.4, 0.5) is 4.39 Å². The fraction of sp³-hybridized carbons (Fsp3) is 0.538. The van der Waals surface area contributed by atoms with Gasteiger partial charge in [-0.2, -0.15) is 0 Å². The van der Waals surface area contributed by atoms with Crippen LogP contribution < -0.4 is 10.6 Å². The van der Waals surface area contributed by atoms with Gasteiger partial charge in [-0.1, -0.05) is 12.1 Å². The van der Waals surface area contributed by atoms with Crippen molar-refractivity contribution in [1.29, 1.82) is 0 Å². The number of benzene rings is 1. The van der Waals surface area contributed by atoms with Crippen molar-refractivity contribution in [3.05, 3.63) is 34.1 Å². The second-order valence-corrected chi connectivity index (χ2v) is 5.47. The Balaban J connectivity index is 1.77. The summed E-state index contributed by atoms with van der Waals surface area (Å²) in [6.07, 6.45) is 2.62. The summed E-state index contributed by atoms with van der Waals surface area (Å²) in [6.45, 7) is 3.80. The lowest BCUT2D eigenvalue weighted by atomic mass is 10.2. The van der Waals surface area contributed by atoms with Crippen molar-refractivity contribution in [2.45, 2.75) is 38.4 Å². The lowest BCUT2D eigenvalue weighted by Gasteiger charge is -2.15. The first kappa shape index (κ1) is 13.0. The van der Waals surface area contributed by atoms with Crippen LogP contribution in [0.15, 0.2) is 22.7 Å². The van der Waals surface area contributed by atoms with Gasteiger partial charge in [0.25, 0.3) is 0 Å². The predicted octanol–water partition coefficient (Wildman–Crippen LogP) is 2.82. The van der Waals surface area contributed by atoms with E-state index in [0.717, 1.165) is 18.2 Å². The van der Waals surface area contributed by atoms with Crippen LogP contribution in [0, 0.1) is 5.82 Å². The highest BCUT2D eigenvalue weighted by molar-refractivity contribution is 9.10. The molecule has 2 N–H and O–H groups in total. The van der Waals surface area contributed by atoms with Gasteiger partial charge < -0.3 is 10.6 Å². The second-order valence-electron chi connectivity index (χ2n) is 4.68. The van der Waals surface area contributed by atoms with Gasteiger partial charge in [0.05, 0.1) is 4.47 Å². The van der Waals surface area contributed by atoms with E-state index in [-0.39, 0.29) is 5.82 Å². The molecule has 17 heavy (non-hydrogen) atoms. The van der Waals surface area contributed by atoms with Crippen molar-refractivity contribution < 1.29 is 4.39 Å². The predicted molar refractivity (Wildman–Crippen MR) is 71.4 cm³/mol. The standard InChI is InChI=1S/C13H18BrFN2/c1-9(7-17-11-5-6-11)16-8-10-3-2-4-12(15)13(10)14/h2-4,9,11,16-17H,5-8H2,1H3. The fourth-order valence-corrected chi connectivity index (χ4v) is 2.08. The van der Waals surface area contributed by atoms with Crippen LogP contribution in [0.25, 0.3) is 0 Å². The Hall–Kier alpha value is -0.450. The summed E-state index contributed by atoms with van der Waals surface area (Å²) in [5, 5.41) is 6.86. The maximum atomic E-state index is 13.3. The van der Waals surface area contributed by atoms with Gasteiger partial charge in [0.1, 0.15) is 5.82 Å². The van der Waals surface area contributed by atoms with Gasteiger partial charge in [-0.3, -0.25) is 0 Å². The number of halogens is 2. The Morgan fingerprint density at radius 2 is 2.24 bits per heavy atom. The molecular formula is C13H18BrFN2. The van der Waals surface area contributed by atoms with Crippen molar-refractivity contribution in [2.75, 3.05) is 6.54 Å². The molecule has 2 rings (SSSR count). The van der Waals surface area contributed by atoms with E-state index >= 15 is 0 Å². The van der Waals surface area contributed by atoms with Gasteiger partial charge in [-0.05, 0) is 47.3 Å². The lowest BCUT2D eigenvalue weighted by molar-refractivity contribution is 0.498. The van der Waals surface area contributed by atoms with E-state index in [0.29, 0.717) is 17.1 Å². The fourth-order valence-electron chi connectivity index (χ4n) is 1.67. The van der Waals surface area contributed by atoms with Crippen LogP contribution in [-0.4, -0.2) is 18.6 Å². The molecule has 1 saturated carbocycles. The van der Waals surface area contributed by atoms with Crippen LogP contribution in [0.1, 0.15) is 25.3 Å².